The van der Waals surface area contributed by atoms with E-state index in [0.29, 0.717) is 35.4 Å². The number of nitrogens with one attached hydrogen (secondary N) is 1. The summed E-state index contributed by atoms with van der Waals surface area (Å²) in [7, 11) is 3.46. The van der Waals surface area contributed by atoms with E-state index in [-0.39, 0.29) is 23.3 Å². The molecule has 2 amide bonds. The van der Waals surface area contributed by atoms with E-state index >= 15 is 0 Å². The predicted octanol–water partition coefficient (Wildman–Crippen LogP) is 3.26. The Morgan fingerprint density at radius 3 is 2.50 bits per heavy atom. The first-order chi connectivity index (χ1) is 16.4. The molecule has 6 rings (SSSR count). The number of rotatable bonds is 4. The third-order valence-corrected chi connectivity index (χ3v) is 6.80. The molecule has 1 aromatic carbocycles. The van der Waals surface area contributed by atoms with Crippen molar-refractivity contribution >= 4 is 29.1 Å². The average molecular weight is 457 g/mol. The van der Waals surface area contributed by atoms with Crippen molar-refractivity contribution in [2.24, 2.45) is 5.41 Å². The molecule has 0 radical (unpaired) electrons. The number of amides is 2. The number of aromatic nitrogens is 3. The van der Waals surface area contributed by atoms with Gasteiger partial charge in [-0.3, -0.25) is 9.59 Å². The van der Waals surface area contributed by atoms with E-state index < -0.39 is 0 Å². The first kappa shape index (κ1) is 20.6. The van der Waals surface area contributed by atoms with Crippen LogP contribution in [0.5, 0.6) is 5.88 Å². The van der Waals surface area contributed by atoms with E-state index in [4.69, 9.17) is 4.74 Å². The zero-order valence-electron chi connectivity index (χ0n) is 19.0. The first-order valence-electron chi connectivity index (χ1n) is 11.3. The third kappa shape index (κ3) is 3.35. The molecule has 4 heterocycles. The predicted molar refractivity (Wildman–Crippen MR) is 126 cm³/mol. The number of carbonyl (C=O) groups is 2. The van der Waals surface area contributed by atoms with Crippen LogP contribution < -0.4 is 15.0 Å². The van der Waals surface area contributed by atoms with Crippen LogP contribution in [0.3, 0.4) is 0 Å². The standard InChI is InChI=1S/C25H24N6O3/c1-30(2)22(32)16-5-3-15(4-6-16)17-11-27-24(28-12-17)29-18-9-20-21(26-13-18)34-14-19-10-25(7-8-25)23(33)31(19)20/h3-6,9,11-13,19H,7-8,10,14H2,1-2H3,(H,27,28,29). The smallest absolute Gasteiger partial charge is 0.253 e. The number of benzene rings is 1. The Bertz CT molecular complexity index is 1290. The summed E-state index contributed by atoms with van der Waals surface area (Å²) in [6, 6.07) is 9.31. The van der Waals surface area contributed by atoms with E-state index in [1.54, 1.807) is 49.7 Å². The van der Waals surface area contributed by atoms with Crippen molar-refractivity contribution in [3.05, 3.63) is 54.5 Å². The maximum absolute atomic E-state index is 13.0. The number of hydrogen-bond acceptors (Lipinski definition) is 7. The Labute approximate surface area is 196 Å². The molecule has 1 saturated carbocycles. The van der Waals surface area contributed by atoms with Gasteiger partial charge in [0.25, 0.3) is 5.91 Å². The maximum atomic E-state index is 13.0. The SMILES string of the molecule is CN(C)C(=O)c1ccc(-c2cnc(Nc3cnc4c(c3)N3C(=O)C5(CC5)CC3CO4)nc2)cc1. The Hall–Kier alpha value is -4.01. The number of pyridine rings is 1. The van der Waals surface area contributed by atoms with Gasteiger partial charge < -0.3 is 19.9 Å². The van der Waals surface area contributed by atoms with Gasteiger partial charge >= 0.3 is 0 Å². The summed E-state index contributed by atoms with van der Waals surface area (Å²) in [6.07, 6.45) is 7.90. The van der Waals surface area contributed by atoms with Crippen LogP contribution in [-0.4, -0.2) is 58.4 Å². The average Bonchev–Trinajstić information content (AvgIpc) is 3.58. The monoisotopic (exact) mass is 456 g/mol. The van der Waals surface area contributed by atoms with Crippen LogP contribution in [-0.2, 0) is 4.79 Å². The topological polar surface area (TPSA) is 101 Å². The normalized spacial score (nSPS) is 19.3. The largest absolute Gasteiger partial charge is 0.474 e. The number of ether oxygens (including phenoxy) is 1. The van der Waals surface area contributed by atoms with Gasteiger partial charge in [0.1, 0.15) is 12.3 Å². The second-order valence-electron chi connectivity index (χ2n) is 9.37. The molecule has 2 aromatic heterocycles. The number of nitrogens with zero attached hydrogens (tertiary/aromatic N) is 5. The van der Waals surface area contributed by atoms with Crippen LogP contribution in [0.1, 0.15) is 29.6 Å². The molecule has 1 unspecified atom stereocenters. The number of hydrogen-bond donors (Lipinski definition) is 1. The van der Waals surface area contributed by atoms with Crippen LogP contribution in [0.2, 0.25) is 0 Å². The van der Waals surface area contributed by atoms with Gasteiger partial charge in [0.05, 0.1) is 23.3 Å². The third-order valence-electron chi connectivity index (χ3n) is 6.80. The lowest BCUT2D eigenvalue weighted by Crippen LogP contribution is -2.41. The summed E-state index contributed by atoms with van der Waals surface area (Å²) in [6.45, 7) is 0.495. The minimum Gasteiger partial charge on any atom is -0.474 e. The van der Waals surface area contributed by atoms with Crippen LogP contribution in [0.4, 0.5) is 17.3 Å². The summed E-state index contributed by atoms with van der Waals surface area (Å²) in [4.78, 5) is 41.8. The van der Waals surface area contributed by atoms with Crippen LogP contribution in [0.25, 0.3) is 11.1 Å². The summed E-state index contributed by atoms with van der Waals surface area (Å²) < 4.78 is 5.83. The Morgan fingerprint density at radius 1 is 1.09 bits per heavy atom. The van der Waals surface area contributed by atoms with Crippen molar-refractivity contribution in [3.8, 4) is 17.0 Å². The maximum Gasteiger partial charge on any atom is 0.253 e. The van der Waals surface area contributed by atoms with Gasteiger partial charge in [0.2, 0.25) is 17.7 Å². The van der Waals surface area contributed by atoms with Crippen LogP contribution >= 0.6 is 0 Å². The highest BCUT2D eigenvalue weighted by molar-refractivity contribution is 6.04. The quantitative estimate of drug-likeness (QED) is 0.643. The van der Waals surface area contributed by atoms with Gasteiger partial charge in [0, 0.05) is 37.6 Å². The molecule has 9 heteroatoms. The van der Waals surface area contributed by atoms with Crippen molar-refractivity contribution in [1.82, 2.24) is 19.9 Å². The summed E-state index contributed by atoms with van der Waals surface area (Å²) in [5.74, 6) is 1.06. The molecule has 1 aliphatic carbocycles. The van der Waals surface area contributed by atoms with E-state index in [1.807, 2.05) is 23.1 Å². The van der Waals surface area contributed by atoms with Crippen molar-refractivity contribution in [2.45, 2.75) is 25.3 Å². The molecule has 3 aromatic rings. The van der Waals surface area contributed by atoms with Gasteiger partial charge in [-0.15, -0.1) is 0 Å². The van der Waals surface area contributed by atoms with Crippen molar-refractivity contribution in [2.75, 3.05) is 30.9 Å². The van der Waals surface area contributed by atoms with E-state index in [0.717, 1.165) is 30.4 Å². The van der Waals surface area contributed by atoms with Gasteiger partial charge in [0.15, 0.2) is 0 Å². The molecule has 2 fully saturated rings. The fourth-order valence-corrected chi connectivity index (χ4v) is 4.76. The van der Waals surface area contributed by atoms with E-state index in [1.165, 1.54) is 0 Å². The molecule has 2 aliphatic heterocycles. The van der Waals surface area contributed by atoms with E-state index in [9.17, 15) is 9.59 Å². The van der Waals surface area contributed by atoms with Gasteiger partial charge in [-0.25, -0.2) is 15.0 Å². The van der Waals surface area contributed by atoms with Gasteiger partial charge in [-0.2, -0.15) is 0 Å². The molecule has 1 spiro atoms. The first-order valence-corrected chi connectivity index (χ1v) is 11.3. The molecular formula is C25H24N6O3. The molecule has 3 aliphatic rings. The summed E-state index contributed by atoms with van der Waals surface area (Å²) in [5.41, 5.74) is 3.61. The Kier molecular flexibility index (Phi) is 4.55. The molecule has 1 saturated heterocycles. The van der Waals surface area contributed by atoms with Crippen LogP contribution in [0, 0.1) is 5.41 Å². The molecule has 9 nitrogen and oxygen atoms in total. The molecule has 34 heavy (non-hydrogen) atoms. The lowest BCUT2D eigenvalue weighted by molar-refractivity contribution is -0.121. The second-order valence-corrected chi connectivity index (χ2v) is 9.37. The highest BCUT2D eigenvalue weighted by Crippen LogP contribution is 2.58. The highest BCUT2D eigenvalue weighted by atomic mass is 16.5. The Morgan fingerprint density at radius 2 is 1.82 bits per heavy atom. The zero-order valence-corrected chi connectivity index (χ0v) is 19.0. The molecule has 1 N–H and O–H groups in total. The van der Waals surface area contributed by atoms with E-state index in [2.05, 4.69) is 20.3 Å². The highest BCUT2D eigenvalue weighted by Gasteiger charge is 2.60. The van der Waals surface area contributed by atoms with Gasteiger partial charge in [-0.1, -0.05) is 12.1 Å². The summed E-state index contributed by atoms with van der Waals surface area (Å²) >= 11 is 0. The molecule has 172 valence electrons. The zero-order chi connectivity index (χ0) is 23.4. The minimum atomic E-state index is -0.171. The lowest BCUT2D eigenvalue weighted by Gasteiger charge is -2.31. The fourth-order valence-electron chi connectivity index (χ4n) is 4.76. The molecule has 1 atom stereocenters. The number of anilines is 3. The van der Waals surface area contributed by atoms with Crippen molar-refractivity contribution in [3.63, 3.8) is 0 Å². The minimum absolute atomic E-state index is 0.0411. The van der Waals surface area contributed by atoms with Crippen molar-refractivity contribution < 1.29 is 14.3 Å². The molecular weight excluding hydrogens is 432 g/mol. The number of fused-ring (bicyclic) bond motifs is 3. The lowest BCUT2D eigenvalue weighted by atomic mass is 10.0. The van der Waals surface area contributed by atoms with Gasteiger partial charge in [-0.05, 0) is 43.0 Å². The van der Waals surface area contributed by atoms with Crippen molar-refractivity contribution in [1.29, 1.82) is 0 Å². The number of carbonyl (C=O) groups excluding carboxylic acids is 2. The fraction of sp³-hybridized carbons (Fsp3) is 0.320. The molecule has 0 bridgehead atoms. The summed E-state index contributed by atoms with van der Waals surface area (Å²) in [5, 5.41) is 3.17. The van der Waals surface area contributed by atoms with Crippen LogP contribution in [0.15, 0.2) is 48.9 Å². The second kappa shape index (κ2) is 7.51. The Balaban J connectivity index is 1.20.